The Kier molecular flexibility index (Phi) is 5.09. The summed E-state index contributed by atoms with van der Waals surface area (Å²) in [5, 5.41) is 7.17. The molecule has 0 radical (unpaired) electrons. The summed E-state index contributed by atoms with van der Waals surface area (Å²) in [6.45, 7) is 1.54. The van der Waals surface area contributed by atoms with Gasteiger partial charge in [-0.1, -0.05) is 6.07 Å². The van der Waals surface area contributed by atoms with Crippen molar-refractivity contribution < 1.29 is 18.9 Å². The van der Waals surface area contributed by atoms with Gasteiger partial charge in [-0.15, -0.1) is 11.3 Å². The van der Waals surface area contributed by atoms with Gasteiger partial charge in [0.1, 0.15) is 13.1 Å². The number of amides is 3. The van der Waals surface area contributed by atoms with Crippen LogP contribution < -0.4 is 15.5 Å². The maximum atomic E-state index is 12.1. The monoisotopic (exact) mass is 334 g/mol. The molecule has 0 aliphatic heterocycles. The first-order chi connectivity index (χ1) is 11.2. The molecule has 1 saturated carbocycles. The zero-order valence-corrected chi connectivity index (χ0v) is 13.5. The van der Waals surface area contributed by atoms with Crippen molar-refractivity contribution >= 4 is 23.3 Å². The normalized spacial score (nSPS) is 15.1. The molecule has 0 bridgehead atoms. The molecule has 1 fully saturated rings. The quantitative estimate of drug-likeness (QED) is 0.705. The molecule has 1 aliphatic carbocycles. The van der Waals surface area contributed by atoms with Crippen LogP contribution in [0.4, 0.5) is 4.79 Å². The summed E-state index contributed by atoms with van der Waals surface area (Å²) >= 11 is 1.66. The van der Waals surface area contributed by atoms with Gasteiger partial charge in [-0.25, -0.2) is 4.79 Å². The van der Waals surface area contributed by atoms with Crippen LogP contribution in [0.2, 0.25) is 0 Å². The number of urea groups is 1. The number of imide groups is 1. The first kappa shape index (κ1) is 15.8. The van der Waals surface area contributed by atoms with Crippen LogP contribution >= 0.6 is 11.3 Å². The minimum atomic E-state index is -0.397. The van der Waals surface area contributed by atoms with Crippen LogP contribution in [0.3, 0.4) is 0 Å². The molecule has 0 saturated heterocycles. The van der Waals surface area contributed by atoms with Crippen LogP contribution in [-0.2, 0) is 17.9 Å². The predicted octanol–water partition coefficient (Wildman–Crippen LogP) is 0.914. The molecule has 3 rings (SSSR count). The topological polar surface area (TPSA) is 75.8 Å². The fourth-order valence-corrected chi connectivity index (χ4v) is 3.13. The lowest BCUT2D eigenvalue weighted by Gasteiger charge is -2.17. The van der Waals surface area contributed by atoms with E-state index in [4.69, 9.17) is 4.42 Å². The van der Waals surface area contributed by atoms with Crippen LogP contribution in [0.15, 0.2) is 40.3 Å². The molecule has 1 atom stereocenters. The number of furan rings is 1. The average molecular weight is 334 g/mol. The van der Waals surface area contributed by atoms with Crippen molar-refractivity contribution in [2.75, 3.05) is 6.54 Å². The lowest BCUT2D eigenvalue weighted by Crippen LogP contribution is -3.10. The van der Waals surface area contributed by atoms with Crippen LogP contribution in [0.25, 0.3) is 0 Å². The first-order valence-corrected chi connectivity index (χ1v) is 8.55. The summed E-state index contributed by atoms with van der Waals surface area (Å²) in [4.78, 5) is 26.0. The molecular formula is C16H20N3O3S+. The molecule has 0 spiro atoms. The number of carbonyl (C=O) groups excluding carboxylic acids is 2. The van der Waals surface area contributed by atoms with Gasteiger partial charge in [0.2, 0.25) is 0 Å². The third-order valence-corrected chi connectivity index (χ3v) is 4.46. The second-order valence-electron chi connectivity index (χ2n) is 5.73. The Morgan fingerprint density at radius 3 is 2.78 bits per heavy atom. The van der Waals surface area contributed by atoms with Gasteiger partial charge in [0.05, 0.1) is 11.1 Å². The second kappa shape index (κ2) is 7.43. The van der Waals surface area contributed by atoms with Gasteiger partial charge < -0.3 is 14.6 Å². The van der Waals surface area contributed by atoms with Gasteiger partial charge in [0, 0.05) is 6.04 Å². The Bertz CT molecular complexity index is 599. The van der Waals surface area contributed by atoms with E-state index in [2.05, 4.69) is 10.6 Å². The molecule has 0 aromatic carbocycles. The lowest BCUT2D eigenvalue weighted by atomic mass is 10.3. The lowest BCUT2D eigenvalue weighted by molar-refractivity contribution is -0.920. The summed E-state index contributed by atoms with van der Waals surface area (Å²) in [6, 6.07) is 7.61. The van der Waals surface area contributed by atoms with Crippen LogP contribution in [0.1, 0.15) is 23.5 Å². The molecule has 7 heteroatoms. The number of hydrogen-bond acceptors (Lipinski definition) is 4. The fourth-order valence-electron chi connectivity index (χ4n) is 2.35. The molecular weight excluding hydrogens is 314 g/mol. The largest absolute Gasteiger partial charge is 0.463 e. The summed E-state index contributed by atoms with van der Waals surface area (Å²) < 4.78 is 5.38. The van der Waals surface area contributed by atoms with Crippen molar-refractivity contribution in [2.45, 2.75) is 32.0 Å². The molecule has 3 N–H and O–H groups in total. The molecule has 122 valence electrons. The number of nitrogens with one attached hydrogen (secondary N) is 3. The SMILES string of the molecule is O=C(C[NH+](Cc1ccco1)Cc1cccs1)NC(=O)NC1CC1. The summed E-state index contributed by atoms with van der Waals surface area (Å²) in [5.74, 6) is 0.549. The van der Waals surface area contributed by atoms with E-state index in [1.54, 1.807) is 17.6 Å². The third-order valence-electron chi connectivity index (χ3n) is 3.58. The molecule has 2 aromatic heterocycles. The smallest absolute Gasteiger partial charge is 0.321 e. The number of hydrogen-bond donors (Lipinski definition) is 3. The van der Waals surface area contributed by atoms with E-state index in [0.29, 0.717) is 6.54 Å². The van der Waals surface area contributed by atoms with Crippen molar-refractivity contribution in [3.05, 3.63) is 46.5 Å². The maximum Gasteiger partial charge on any atom is 0.321 e. The maximum absolute atomic E-state index is 12.1. The number of rotatable bonds is 7. The van der Waals surface area contributed by atoms with Crippen molar-refractivity contribution in [1.29, 1.82) is 0 Å². The Hall–Kier alpha value is -2.12. The minimum absolute atomic E-state index is 0.219. The Labute approximate surface area is 138 Å². The summed E-state index contributed by atoms with van der Waals surface area (Å²) in [5.41, 5.74) is 0. The number of quaternary nitrogens is 1. The van der Waals surface area contributed by atoms with E-state index in [9.17, 15) is 9.59 Å². The average Bonchev–Trinajstić information content (AvgIpc) is 2.97. The highest BCUT2D eigenvalue weighted by Crippen LogP contribution is 2.18. The van der Waals surface area contributed by atoms with Gasteiger partial charge >= 0.3 is 6.03 Å². The van der Waals surface area contributed by atoms with Crippen LogP contribution in [0.5, 0.6) is 0 Å². The standard InChI is InChI=1S/C16H19N3O3S/c20-15(18-16(21)17-12-5-6-12)11-19(9-13-3-1-7-22-13)10-14-4-2-8-23-14/h1-4,7-8,12H,5-6,9-11H2,(H2,17,18,20,21)/p+1. The predicted molar refractivity (Wildman–Crippen MR) is 86.0 cm³/mol. The Morgan fingerprint density at radius 2 is 2.13 bits per heavy atom. The van der Waals surface area contributed by atoms with Crippen LogP contribution in [-0.4, -0.2) is 24.5 Å². The Morgan fingerprint density at radius 1 is 1.26 bits per heavy atom. The molecule has 1 aliphatic rings. The molecule has 2 aromatic rings. The fraction of sp³-hybridized carbons (Fsp3) is 0.375. The van der Waals surface area contributed by atoms with Crippen molar-refractivity contribution in [1.82, 2.24) is 10.6 Å². The molecule has 6 nitrogen and oxygen atoms in total. The zero-order chi connectivity index (χ0) is 16.1. The molecule has 1 unspecified atom stereocenters. The molecule has 3 amide bonds. The van der Waals surface area contributed by atoms with E-state index < -0.39 is 6.03 Å². The van der Waals surface area contributed by atoms with E-state index in [1.807, 2.05) is 29.6 Å². The van der Waals surface area contributed by atoms with E-state index >= 15 is 0 Å². The number of thiophene rings is 1. The van der Waals surface area contributed by atoms with E-state index in [1.165, 1.54) is 4.88 Å². The second-order valence-corrected chi connectivity index (χ2v) is 6.77. The Balaban J connectivity index is 1.55. The number of carbonyl (C=O) groups is 2. The van der Waals surface area contributed by atoms with Crippen LogP contribution in [0, 0.1) is 0 Å². The van der Waals surface area contributed by atoms with Crippen molar-refractivity contribution in [3.63, 3.8) is 0 Å². The molecule has 23 heavy (non-hydrogen) atoms. The zero-order valence-electron chi connectivity index (χ0n) is 12.7. The van der Waals surface area contributed by atoms with Gasteiger partial charge in [-0.05, 0) is 36.4 Å². The summed E-state index contributed by atoms with van der Waals surface area (Å²) in [6.07, 6.45) is 3.62. The van der Waals surface area contributed by atoms with E-state index in [-0.39, 0.29) is 18.5 Å². The highest BCUT2D eigenvalue weighted by atomic mass is 32.1. The van der Waals surface area contributed by atoms with Crippen molar-refractivity contribution in [2.24, 2.45) is 0 Å². The van der Waals surface area contributed by atoms with Gasteiger partial charge in [-0.2, -0.15) is 0 Å². The first-order valence-electron chi connectivity index (χ1n) is 7.68. The summed E-state index contributed by atoms with van der Waals surface area (Å²) in [7, 11) is 0. The highest BCUT2D eigenvalue weighted by Gasteiger charge is 2.25. The third kappa shape index (κ3) is 5.22. The molecule has 2 heterocycles. The van der Waals surface area contributed by atoms with E-state index in [0.717, 1.165) is 30.0 Å². The van der Waals surface area contributed by atoms with Crippen molar-refractivity contribution in [3.8, 4) is 0 Å². The highest BCUT2D eigenvalue weighted by molar-refractivity contribution is 7.09. The van der Waals surface area contributed by atoms with Gasteiger partial charge in [-0.3, -0.25) is 10.1 Å². The minimum Gasteiger partial charge on any atom is -0.463 e. The van der Waals surface area contributed by atoms with Gasteiger partial charge in [0.15, 0.2) is 12.3 Å². The van der Waals surface area contributed by atoms with Gasteiger partial charge in [0.25, 0.3) is 5.91 Å².